The molecule has 0 amide bonds. The Morgan fingerprint density at radius 3 is 2.67 bits per heavy atom. The molecular weight excluding hydrogens is 296 g/mol. The quantitative estimate of drug-likeness (QED) is 0.482. The summed E-state index contributed by atoms with van der Waals surface area (Å²) in [5, 5.41) is 11.0. The fourth-order valence-corrected chi connectivity index (χ4v) is 2.26. The molecule has 1 aliphatic rings. The molecule has 2 heterocycles. The van der Waals surface area contributed by atoms with Gasteiger partial charge in [0, 0.05) is 18.1 Å². The molecule has 2 aromatic rings. The van der Waals surface area contributed by atoms with Crippen molar-refractivity contribution in [3.63, 3.8) is 0 Å². The molecule has 0 unspecified atom stereocenters. The van der Waals surface area contributed by atoms with E-state index in [1.54, 1.807) is 18.2 Å². The molecule has 1 aromatic heterocycles. The summed E-state index contributed by atoms with van der Waals surface area (Å²) < 4.78 is 11.1. The van der Waals surface area contributed by atoms with E-state index in [4.69, 9.17) is 21.1 Å². The lowest BCUT2D eigenvalue weighted by Crippen LogP contribution is -1.97. The zero-order chi connectivity index (χ0) is 14.8. The Morgan fingerprint density at radius 2 is 1.90 bits per heavy atom. The highest BCUT2D eigenvalue weighted by Gasteiger charge is 2.15. The van der Waals surface area contributed by atoms with Gasteiger partial charge in [-0.05, 0) is 18.2 Å². The maximum atomic E-state index is 10.9. The van der Waals surface area contributed by atoms with Gasteiger partial charge in [0.15, 0.2) is 11.5 Å². The third kappa shape index (κ3) is 2.90. The molecule has 0 spiro atoms. The van der Waals surface area contributed by atoms with Crippen LogP contribution in [0.2, 0.25) is 5.15 Å². The van der Waals surface area contributed by atoms with E-state index >= 15 is 0 Å². The first-order valence-corrected chi connectivity index (χ1v) is 6.73. The minimum absolute atomic E-state index is 0.0753. The number of rotatable bonds is 2. The number of nitrogens with zero attached hydrogens (tertiary/aromatic N) is 2. The van der Waals surface area contributed by atoms with Gasteiger partial charge in [0.1, 0.15) is 5.15 Å². The van der Waals surface area contributed by atoms with Crippen molar-refractivity contribution in [2.24, 2.45) is 0 Å². The number of hydrogen-bond donors (Lipinski definition) is 0. The van der Waals surface area contributed by atoms with Crippen molar-refractivity contribution in [3.05, 3.63) is 45.6 Å². The number of fused-ring (bicyclic) bond motifs is 1. The first-order valence-electron chi connectivity index (χ1n) is 6.35. The maximum absolute atomic E-state index is 10.9. The molecule has 0 saturated carbocycles. The van der Waals surface area contributed by atoms with E-state index in [1.807, 2.05) is 0 Å². The molecular formula is C14H11ClN2O4. The van der Waals surface area contributed by atoms with E-state index in [9.17, 15) is 10.1 Å². The van der Waals surface area contributed by atoms with Gasteiger partial charge >= 0.3 is 0 Å². The maximum Gasteiger partial charge on any atom is 0.274 e. The summed E-state index contributed by atoms with van der Waals surface area (Å²) in [5.41, 5.74) is 1.01. The van der Waals surface area contributed by atoms with Gasteiger partial charge in [-0.2, -0.15) is 0 Å². The van der Waals surface area contributed by atoms with Crippen molar-refractivity contribution < 1.29 is 14.4 Å². The van der Waals surface area contributed by atoms with Gasteiger partial charge in [0.2, 0.25) is 0 Å². The Hall–Kier alpha value is -2.34. The van der Waals surface area contributed by atoms with E-state index in [-0.39, 0.29) is 10.8 Å². The van der Waals surface area contributed by atoms with Crippen molar-refractivity contribution >= 4 is 17.3 Å². The Labute approximate surface area is 125 Å². The molecule has 0 saturated heterocycles. The van der Waals surface area contributed by atoms with Gasteiger partial charge in [-0.25, -0.2) is 4.98 Å². The third-order valence-electron chi connectivity index (χ3n) is 3.03. The van der Waals surface area contributed by atoms with E-state index in [1.165, 1.54) is 12.1 Å². The lowest BCUT2D eigenvalue weighted by Gasteiger charge is -2.09. The molecule has 6 nitrogen and oxygen atoms in total. The van der Waals surface area contributed by atoms with Crippen molar-refractivity contribution in [3.8, 4) is 22.8 Å². The summed E-state index contributed by atoms with van der Waals surface area (Å²) in [7, 11) is 0. The smallest absolute Gasteiger partial charge is 0.274 e. The van der Waals surface area contributed by atoms with Gasteiger partial charge in [-0.15, -0.1) is 0 Å². The highest BCUT2D eigenvalue weighted by molar-refractivity contribution is 6.29. The van der Waals surface area contributed by atoms with Crippen LogP contribution in [-0.4, -0.2) is 23.1 Å². The zero-order valence-corrected chi connectivity index (χ0v) is 11.7. The van der Waals surface area contributed by atoms with Gasteiger partial charge < -0.3 is 9.47 Å². The topological polar surface area (TPSA) is 74.5 Å². The third-order valence-corrected chi connectivity index (χ3v) is 3.23. The summed E-state index contributed by atoms with van der Waals surface area (Å²) in [5.74, 6) is 1.27. The van der Waals surface area contributed by atoms with Crippen LogP contribution in [0, 0.1) is 10.1 Å². The first kappa shape index (κ1) is 13.6. The van der Waals surface area contributed by atoms with E-state index in [2.05, 4.69) is 4.98 Å². The van der Waals surface area contributed by atoms with Crippen LogP contribution in [0.15, 0.2) is 30.3 Å². The largest absolute Gasteiger partial charge is 0.490 e. The zero-order valence-electron chi connectivity index (χ0n) is 10.9. The van der Waals surface area contributed by atoms with Crippen molar-refractivity contribution in [2.45, 2.75) is 6.42 Å². The molecule has 0 radical (unpaired) electrons. The fourth-order valence-electron chi connectivity index (χ4n) is 2.06. The average Bonchev–Trinajstić information content (AvgIpc) is 2.70. The van der Waals surface area contributed by atoms with E-state index < -0.39 is 4.92 Å². The van der Waals surface area contributed by atoms with Crippen LogP contribution in [0.5, 0.6) is 11.5 Å². The van der Waals surface area contributed by atoms with Crippen molar-refractivity contribution in [1.82, 2.24) is 4.98 Å². The second-order valence-electron chi connectivity index (χ2n) is 4.50. The SMILES string of the molecule is O=[N+]([O-])c1cc(Cl)nc(-c2ccc3c(c2)OCCCO3)c1. The Kier molecular flexibility index (Phi) is 3.62. The lowest BCUT2D eigenvalue weighted by molar-refractivity contribution is -0.384. The van der Waals surface area contributed by atoms with Crippen LogP contribution in [0.3, 0.4) is 0 Å². The molecule has 108 valence electrons. The Bertz CT molecular complexity index is 705. The van der Waals surface area contributed by atoms with Crippen molar-refractivity contribution in [1.29, 1.82) is 0 Å². The average molecular weight is 307 g/mol. The predicted octanol–water partition coefficient (Wildman–Crippen LogP) is 3.47. The predicted molar refractivity (Wildman–Crippen MR) is 76.9 cm³/mol. The first-order chi connectivity index (χ1) is 10.1. The highest BCUT2D eigenvalue weighted by Crippen LogP contribution is 2.34. The summed E-state index contributed by atoms with van der Waals surface area (Å²) in [6.07, 6.45) is 0.810. The molecule has 7 heteroatoms. The molecule has 0 N–H and O–H groups in total. The molecule has 0 atom stereocenters. The molecule has 0 aliphatic carbocycles. The van der Waals surface area contributed by atoms with E-state index in [0.29, 0.717) is 36.0 Å². The lowest BCUT2D eigenvalue weighted by atomic mass is 10.1. The van der Waals surface area contributed by atoms with Crippen LogP contribution in [0.25, 0.3) is 11.3 Å². The number of ether oxygens (including phenoxy) is 2. The minimum atomic E-state index is -0.500. The number of halogens is 1. The summed E-state index contributed by atoms with van der Waals surface area (Å²) >= 11 is 5.84. The van der Waals surface area contributed by atoms with Gasteiger partial charge in [0.25, 0.3) is 5.69 Å². The second-order valence-corrected chi connectivity index (χ2v) is 4.89. The molecule has 1 aromatic carbocycles. The number of benzene rings is 1. The Balaban J connectivity index is 2.04. The van der Waals surface area contributed by atoms with Gasteiger partial charge in [-0.3, -0.25) is 10.1 Å². The fraction of sp³-hybridized carbons (Fsp3) is 0.214. The summed E-state index contributed by atoms with van der Waals surface area (Å²) in [6, 6.07) is 7.89. The normalized spacial score (nSPS) is 13.6. The molecule has 0 fully saturated rings. The number of aromatic nitrogens is 1. The number of pyridine rings is 1. The minimum Gasteiger partial charge on any atom is -0.490 e. The van der Waals surface area contributed by atoms with E-state index in [0.717, 1.165) is 6.42 Å². The van der Waals surface area contributed by atoms with Gasteiger partial charge in [-0.1, -0.05) is 11.6 Å². The van der Waals surface area contributed by atoms with Crippen LogP contribution < -0.4 is 9.47 Å². The molecule has 0 bridgehead atoms. The number of nitro groups is 1. The standard InChI is InChI=1S/C14H11ClN2O4/c15-14-8-10(17(18)19)7-11(16-14)9-2-3-12-13(6-9)21-5-1-4-20-12/h2-3,6-8H,1,4-5H2. The molecule has 3 rings (SSSR count). The van der Waals surface area contributed by atoms with Crippen LogP contribution in [0.1, 0.15) is 6.42 Å². The number of hydrogen-bond acceptors (Lipinski definition) is 5. The van der Waals surface area contributed by atoms with Gasteiger partial charge in [0.05, 0.1) is 29.9 Å². The highest BCUT2D eigenvalue weighted by atomic mass is 35.5. The van der Waals surface area contributed by atoms with Crippen LogP contribution in [0.4, 0.5) is 5.69 Å². The molecule has 1 aliphatic heterocycles. The summed E-state index contributed by atoms with van der Waals surface area (Å²) in [4.78, 5) is 14.5. The van der Waals surface area contributed by atoms with Crippen LogP contribution >= 0.6 is 11.6 Å². The second kappa shape index (κ2) is 5.57. The summed E-state index contributed by atoms with van der Waals surface area (Å²) in [6.45, 7) is 1.17. The Morgan fingerprint density at radius 1 is 1.14 bits per heavy atom. The van der Waals surface area contributed by atoms with Crippen molar-refractivity contribution in [2.75, 3.05) is 13.2 Å². The van der Waals surface area contributed by atoms with Crippen LogP contribution in [-0.2, 0) is 0 Å². The molecule has 21 heavy (non-hydrogen) atoms. The monoisotopic (exact) mass is 306 g/mol.